The first-order valence-corrected chi connectivity index (χ1v) is 7.56. The molecule has 0 aliphatic rings. The summed E-state index contributed by atoms with van der Waals surface area (Å²) < 4.78 is 38.8. The monoisotopic (exact) mass is 285 g/mol. The van der Waals surface area contributed by atoms with Crippen LogP contribution in [0.25, 0.3) is 0 Å². The molecule has 1 heterocycles. The first-order valence-electron chi connectivity index (χ1n) is 5.24. The number of hydrogen-bond donors (Lipinski definition) is 0. The molecule has 0 radical (unpaired) electrons. The lowest BCUT2D eigenvalue weighted by atomic mass is 10.2. The molecule has 0 amide bonds. The van der Waals surface area contributed by atoms with Gasteiger partial charge in [-0.2, -0.15) is 4.31 Å². The molecule has 0 saturated carbocycles. The van der Waals surface area contributed by atoms with Crippen LogP contribution in [0.15, 0.2) is 46.0 Å². The van der Waals surface area contributed by atoms with Crippen molar-refractivity contribution in [2.45, 2.75) is 10.8 Å². The summed E-state index contributed by atoms with van der Waals surface area (Å²) in [5.41, 5.74) is 0.623. The third kappa shape index (κ3) is 2.77. The molecule has 1 aromatic carbocycles. The maximum absolute atomic E-state index is 13.0. The number of sulfonamides is 1. The largest absolute Gasteiger partial charge is 0.252 e. The minimum absolute atomic E-state index is 0.151. The molecule has 0 fully saturated rings. The Hall–Kier alpha value is -1.24. The Bertz CT molecular complexity index is 623. The second kappa shape index (κ2) is 5.17. The predicted octanol–water partition coefficient (Wildman–Crippen LogP) is 2.71. The third-order valence-electron chi connectivity index (χ3n) is 2.45. The minimum Gasteiger partial charge on any atom is -0.207 e. The minimum atomic E-state index is -3.48. The lowest BCUT2D eigenvalue weighted by Gasteiger charge is -2.16. The molecule has 3 nitrogen and oxygen atoms in total. The second-order valence-electron chi connectivity index (χ2n) is 3.82. The van der Waals surface area contributed by atoms with Crippen molar-refractivity contribution in [2.75, 3.05) is 7.05 Å². The van der Waals surface area contributed by atoms with Gasteiger partial charge in [0.2, 0.25) is 0 Å². The molecule has 0 unspecified atom stereocenters. The Balaban J connectivity index is 2.20. The van der Waals surface area contributed by atoms with E-state index in [9.17, 15) is 12.8 Å². The average molecular weight is 285 g/mol. The van der Waals surface area contributed by atoms with Crippen molar-refractivity contribution in [1.82, 2.24) is 4.31 Å². The zero-order chi connectivity index (χ0) is 13.2. The fourth-order valence-electron chi connectivity index (χ4n) is 1.54. The number of benzene rings is 1. The number of hydrogen-bond acceptors (Lipinski definition) is 3. The standard InChI is InChI=1S/C12H12FNO2S2/c1-14(9-10-4-2-5-11(13)8-10)18(15,16)12-6-3-7-17-12/h2-8H,9H2,1H3. The van der Waals surface area contributed by atoms with Crippen molar-refractivity contribution in [1.29, 1.82) is 0 Å². The second-order valence-corrected chi connectivity index (χ2v) is 7.04. The smallest absolute Gasteiger partial charge is 0.207 e. The summed E-state index contributed by atoms with van der Waals surface area (Å²) in [6.07, 6.45) is 0. The van der Waals surface area contributed by atoms with Gasteiger partial charge in [0.25, 0.3) is 10.0 Å². The van der Waals surface area contributed by atoms with Crippen LogP contribution in [0.5, 0.6) is 0 Å². The highest BCUT2D eigenvalue weighted by molar-refractivity contribution is 7.91. The predicted molar refractivity (Wildman–Crippen MR) is 69.4 cm³/mol. The van der Waals surface area contributed by atoms with Crippen LogP contribution in [-0.4, -0.2) is 19.8 Å². The van der Waals surface area contributed by atoms with E-state index in [2.05, 4.69) is 0 Å². The SMILES string of the molecule is CN(Cc1cccc(F)c1)S(=O)(=O)c1cccs1. The zero-order valence-electron chi connectivity index (χ0n) is 9.71. The molecule has 96 valence electrons. The summed E-state index contributed by atoms with van der Waals surface area (Å²) in [7, 11) is -1.99. The van der Waals surface area contributed by atoms with Gasteiger partial charge in [-0.25, -0.2) is 12.8 Å². The molecule has 18 heavy (non-hydrogen) atoms. The summed E-state index contributed by atoms with van der Waals surface area (Å²) >= 11 is 1.17. The van der Waals surface area contributed by atoms with Gasteiger partial charge >= 0.3 is 0 Å². The molecule has 0 aliphatic heterocycles. The molecule has 0 aliphatic carbocycles. The van der Waals surface area contributed by atoms with E-state index >= 15 is 0 Å². The summed E-state index contributed by atoms with van der Waals surface area (Å²) in [6.45, 7) is 0.151. The van der Waals surface area contributed by atoms with Crippen LogP contribution >= 0.6 is 11.3 Å². The van der Waals surface area contributed by atoms with E-state index in [1.54, 1.807) is 29.6 Å². The van der Waals surface area contributed by atoms with Crippen molar-refractivity contribution < 1.29 is 12.8 Å². The molecule has 0 N–H and O–H groups in total. The van der Waals surface area contributed by atoms with Crippen LogP contribution in [-0.2, 0) is 16.6 Å². The topological polar surface area (TPSA) is 37.4 Å². The van der Waals surface area contributed by atoms with Crippen molar-refractivity contribution in [3.05, 3.63) is 53.2 Å². The summed E-state index contributed by atoms with van der Waals surface area (Å²) in [5, 5.41) is 1.71. The van der Waals surface area contributed by atoms with E-state index in [0.29, 0.717) is 9.77 Å². The van der Waals surface area contributed by atoms with Crippen molar-refractivity contribution in [3.63, 3.8) is 0 Å². The molecule has 0 saturated heterocycles. The van der Waals surface area contributed by atoms with Crippen LogP contribution in [0.3, 0.4) is 0 Å². The molecule has 6 heteroatoms. The number of nitrogens with zero attached hydrogens (tertiary/aromatic N) is 1. The maximum atomic E-state index is 13.0. The highest BCUT2D eigenvalue weighted by atomic mass is 32.2. The van der Waals surface area contributed by atoms with Crippen molar-refractivity contribution in [2.24, 2.45) is 0 Å². The Morgan fingerprint density at radius 3 is 2.67 bits per heavy atom. The molecule has 2 aromatic rings. The quantitative estimate of drug-likeness (QED) is 0.866. The Morgan fingerprint density at radius 1 is 1.28 bits per heavy atom. The molecule has 0 spiro atoms. The van der Waals surface area contributed by atoms with Gasteiger partial charge < -0.3 is 0 Å². The van der Waals surface area contributed by atoms with Gasteiger partial charge in [0.1, 0.15) is 10.0 Å². The van der Waals surface area contributed by atoms with Gasteiger partial charge in [-0.1, -0.05) is 18.2 Å². The first-order chi connectivity index (χ1) is 8.50. The van der Waals surface area contributed by atoms with E-state index in [-0.39, 0.29) is 12.4 Å². The highest BCUT2D eigenvalue weighted by Crippen LogP contribution is 2.21. The maximum Gasteiger partial charge on any atom is 0.252 e. The van der Waals surface area contributed by atoms with Crippen LogP contribution in [0.4, 0.5) is 4.39 Å². The van der Waals surface area contributed by atoms with E-state index in [0.717, 1.165) is 0 Å². The number of halogens is 1. The molecule has 0 atom stereocenters. The Kier molecular flexibility index (Phi) is 3.79. The van der Waals surface area contributed by atoms with E-state index in [1.165, 1.54) is 34.8 Å². The first kappa shape index (κ1) is 13.2. The van der Waals surface area contributed by atoms with Crippen LogP contribution in [0.1, 0.15) is 5.56 Å². The number of rotatable bonds is 4. The fraction of sp³-hybridized carbons (Fsp3) is 0.167. The van der Waals surface area contributed by atoms with E-state index < -0.39 is 10.0 Å². The van der Waals surface area contributed by atoms with Crippen LogP contribution < -0.4 is 0 Å². The third-order valence-corrected chi connectivity index (χ3v) is 5.63. The lowest BCUT2D eigenvalue weighted by Crippen LogP contribution is -2.25. The summed E-state index contributed by atoms with van der Waals surface area (Å²) in [5.74, 6) is -0.366. The number of thiophene rings is 1. The van der Waals surface area contributed by atoms with Gasteiger partial charge in [0, 0.05) is 13.6 Å². The summed E-state index contributed by atoms with van der Waals surface area (Å²) in [6, 6.07) is 9.17. The molecule has 1 aromatic heterocycles. The zero-order valence-corrected chi connectivity index (χ0v) is 11.3. The average Bonchev–Trinajstić information content (AvgIpc) is 2.82. The lowest BCUT2D eigenvalue weighted by molar-refractivity contribution is 0.467. The van der Waals surface area contributed by atoms with Gasteiger partial charge in [-0.05, 0) is 29.1 Å². The fourth-order valence-corrected chi connectivity index (χ4v) is 3.90. The van der Waals surface area contributed by atoms with Gasteiger partial charge in [0.05, 0.1) is 0 Å². The van der Waals surface area contributed by atoms with Gasteiger partial charge in [0.15, 0.2) is 0 Å². The Morgan fingerprint density at radius 2 is 2.06 bits per heavy atom. The molecule has 2 rings (SSSR count). The molecule has 0 bridgehead atoms. The highest BCUT2D eigenvalue weighted by Gasteiger charge is 2.21. The van der Waals surface area contributed by atoms with Gasteiger partial charge in [-0.3, -0.25) is 0 Å². The Labute approximate surface area is 110 Å². The summed E-state index contributed by atoms with van der Waals surface area (Å²) in [4.78, 5) is 0. The molecular weight excluding hydrogens is 273 g/mol. The van der Waals surface area contributed by atoms with Crippen LogP contribution in [0, 0.1) is 5.82 Å². The van der Waals surface area contributed by atoms with E-state index in [4.69, 9.17) is 0 Å². The van der Waals surface area contributed by atoms with Crippen molar-refractivity contribution >= 4 is 21.4 Å². The van der Waals surface area contributed by atoms with E-state index in [1.807, 2.05) is 0 Å². The molecular formula is C12H12FNO2S2. The van der Waals surface area contributed by atoms with Crippen LogP contribution in [0.2, 0.25) is 0 Å². The normalized spacial score (nSPS) is 11.9. The van der Waals surface area contributed by atoms with Gasteiger partial charge in [-0.15, -0.1) is 11.3 Å². The van der Waals surface area contributed by atoms with Crippen molar-refractivity contribution in [3.8, 4) is 0 Å².